The van der Waals surface area contributed by atoms with Gasteiger partial charge in [0, 0.05) is 17.8 Å². The van der Waals surface area contributed by atoms with Crippen LogP contribution in [0.25, 0.3) is 33.7 Å². The minimum atomic E-state index is -1.43. The lowest BCUT2D eigenvalue weighted by Crippen LogP contribution is -2.08. The van der Waals surface area contributed by atoms with Crippen LogP contribution in [0, 0.1) is 12.7 Å². The monoisotopic (exact) mass is 586 g/mol. The van der Waals surface area contributed by atoms with Crippen LogP contribution in [0.4, 0.5) is 4.39 Å². The van der Waals surface area contributed by atoms with Gasteiger partial charge in [-0.3, -0.25) is 9.82 Å². The van der Waals surface area contributed by atoms with Gasteiger partial charge < -0.3 is 4.98 Å². The minimum absolute atomic E-state index is 0.334. The number of hydrogen-bond donors (Lipinski definition) is 3. The first-order valence-corrected chi connectivity index (χ1v) is 16.0. The van der Waals surface area contributed by atoms with E-state index in [2.05, 4.69) is 51.4 Å². The molecular formula is C34H43FN6S. The van der Waals surface area contributed by atoms with E-state index in [9.17, 15) is 4.39 Å². The number of benzene rings is 1. The number of aryl methyl sites for hydroxylation is 1. The number of aromatic nitrogens is 5. The second-order valence-electron chi connectivity index (χ2n) is 9.34. The highest BCUT2D eigenvalue weighted by molar-refractivity contribution is 8.25. The highest BCUT2D eigenvalue weighted by atomic mass is 32.2. The Morgan fingerprint density at radius 2 is 1.76 bits per heavy atom. The molecule has 42 heavy (non-hydrogen) atoms. The van der Waals surface area contributed by atoms with Gasteiger partial charge in [-0.1, -0.05) is 69.1 Å². The first-order valence-electron chi connectivity index (χ1n) is 13.6. The Balaban J connectivity index is 0.00000116. The van der Waals surface area contributed by atoms with Gasteiger partial charge in [-0.15, -0.1) is 6.58 Å². The zero-order valence-corrected chi connectivity index (χ0v) is 26.5. The highest BCUT2D eigenvalue weighted by Gasteiger charge is 2.19. The number of aromatic amines is 2. The van der Waals surface area contributed by atoms with E-state index in [1.165, 1.54) is 12.1 Å². The maximum atomic E-state index is 14.7. The number of pyridine rings is 1. The van der Waals surface area contributed by atoms with Gasteiger partial charge in [-0.25, -0.2) is 14.4 Å². The molecule has 0 atom stereocenters. The molecule has 0 fully saturated rings. The Labute approximate surface area is 250 Å². The van der Waals surface area contributed by atoms with Crippen LogP contribution in [0.1, 0.15) is 55.9 Å². The fraction of sp³-hybridized carbons (Fsp3) is 0.206. The van der Waals surface area contributed by atoms with E-state index in [0.717, 1.165) is 33.6 Å². The highest BCUT2D eigenvalue weighted by Crippen LogP contribution is 2.31. The molecule has 0 aliphatic rings. The predicted octanol–water partition coefficient (Wildman–Crippen LogP) is 8.52. The molecule has 0 spiro atoms. The number of imidazole rings is 1. The lowest BCUT2D eigenvalue weighted by molar-refractivity contribution is 0.624. The third-order valence-electron chi connectivity index (χ3n) is 5.78. The Morgan fingerprint density at radius 1 is 1.07 bits per heavy atom. The molecule has 0 aliphatic heterocycles. The molecule has 222 valence electrons. The standard InChI is InChI=1S/C29H31FN6S.C3H6.C2H6/c1-8-11-23(21-14-19(15-22(30)16-21)17-31-37(5,6)7)26-18(4)32-29(34-26)28-27-25(35-36-28)13-12-24(33-27)20(9-2)10-3;1-3-2;1-2/h8-16,31H,1-2,5-6,17H2,3-4,7H3,(H,32,34)(H,35,36);3H,1H2,2H3;1-2H3/b20-10+,23-11-;;. The number of H-pyrrole nitrogens is 2. The third kappa shape index (κ3) is 8.61. The van der Waals surface area contributed by atoms with Gasteiger partial charge in [0.25, 0.3) is 0 Å². The summed E-state index contributed by atoms with van der Waals surface area (Å²) in [5.41, 5.74) is 7.53. The van der Waals surface area contributed by atoms with Crippen molar-refractivity contribution in [2.45, 2.75) is 41.2 Å². The molecule has 6 nitrogen and oxygen atoms in total. The SMILES string of the molecule is C=C/C=C(/c1cc(F)cc(CNS(=C)(=C)C)c1)c1nc(-c2n[nH]c3ccc(/C(C=C)=C/C)nc23)[nH]c1C.C=CC.CC. The lowest BCUT2D eigenvalue weighted by atomic mass is 9.98. The molecule has 0 amide bonds. The molecule has 0 saturated heterocycles. The van der Waals surface area contributed by atoms with Crippen molar-refractivity contribution < 1.29 is 4.39 Å². The van der Waals surface area contributed by atoms with Crippen LogP contribution in [-0.2, 0) is 6.54 Å². The predicted molar refractivity (Wildman–Crippen MR) is 186 cm³/mol. The number of hydrogen-bond acceptors (Lipinski definition) is 4. The Hall–Kier alpha value is -4.27. The molecule has 0 unspecified atom stereocenters. The van der Waals surface area contributed by atoms with Gasteiger partial charge in [0.2, 0.25) is 0 Å². The molecule has 0 saturated carbocycles. The van der Waals surface area contributed by atoms with Crippen LogP contribution in [0.15, 0.2) is 80.4 Å². The zero-order valence-electron chi connectivity index (χ0n) is 25.6. The van der Waals surface area contributed by atoms with E-state index in [0.29, 0.717) is 34.8 Å². The molecule has 3 heterocycles. The van der Waals surface area contributed by atoms with Crippen molar-refractivity contribution in [2.75, 3.05) is 6.26 Å². The van der Waals surface area contributed by atoms with Crippen LogP contribution in [0.3, 0.4) is 0 Å². The molecule has 4 aromatic rings. The van der Waals surface area contributed by atoms with Crippen molar-refractivity contribution in [1.29, 1.82) is 0 Å². The van der Waals surface area contributed by atoms with E-state index >= 15 is 0 Å². The van der Waals surface area contributed by atoms with Gasteiger partial charge in [-0.05, 0) is 74.1 Å². The second-order valence-corrected chi connectivity index (χ2v) is 12.2. The molecule has 8 heteroatoms. The number of fused-ring (bicyclic) bond motifs is 1. The maximum Gasteiger partial charge on any atom is 0.161 e. The molecule has 0 bridgehead atoms. The summed E-state index contributed by atoms with van der Waals surface area (Å²) in [5.74, 6) is 8.30. The molecule has 1 aromatic carbocycles. The Morgan fingerprint density at radius 3 is 2.36 bits per heavy atom. The number of halogens is 1. The van der Waals surface area contributed by atoms with E-state index in [1.54, 1.807) is 18.2 Å². The molecule has 0 radical (unpaired) electrons. The maximum absolute atomic E-state index is 14.7. The summed E-state index contributed by atoms with van der Waals surface area (Å²) >= 11 is 0. The molecule has 4 rings (SSSR count). The number of nitrogens with one attached hydrogen (secondary N) is 3. The van der Waals surface area contributed by atoms with Crippen molar-refractivity contribution in [1.82, 2.24) is 29.9 Å². The first kappa shape index (κ1) is 33.9. The second kappa shape index (κ2) is 15.7. The number of rotatable bonds is 9. The summed E-state index contributed by atoms with van der Waals surface area (Å²) in [6, 6.07) is 8.81. The number of allylic oxidation sites excluding steroid dienone is 6. The molecule has 0 aliphatic carbocycles. The van der Waals surface area contributed by atoms with E-state index in [4.69, 9.17) is 9.97 Å². The zero-order chi connectivity index (χ0) is 31.4. The normalized spacial score (nSPS) is 11.7. The fourth-order valence-electron chi connectivity index (χ4n) is 4.03. The quantitative estimate of drug-likeness (QED) is 0.104. The summed E-state index contributed by atoms with van der Waals surface area (Å²) in [5, 5.41) is 7.51. The number of nitrogens with zero attached hydrogens (tertiary/aromatic N) is 3. The van der Waals surface area contributed by atoms with Crippen LogP contribution >= 0.6 is 9.39 Å². The topological polar surface area (TPSA) is 82.3 Å². The van der Waals surface area contributed by atoms with Crippen LogP contribution in [-0.4, -0.2) is 43.1 Å². The Bertz CT molecular complexity index is 1720. The van der Waals surface area contributed by atoms with Crippen molar-refractivity contribution >= 4 is 43.3 Å². The summed E-state index contributed by atoms with van der Waals surface area (Å²) in [4.78, 5) is 13.0. The summed E-state index contributed by atoms with van der Waals surface area (Å²) < 4.78 is 17.9. The van der Waals surface area contributed by atoms with Gasteiger partial charge >= 0.3 is 0 Å². The van der Waals surface area contributed by atoms with Gasteiger partial charge in [0.1, 0.15) is 11.3 Å². The van der Waals surface area contributed by atoms with Crippen molar-refractivity contribution in [3.8, 4) is 11.5 Å². The van der Waals surface area contributed by atoms with E-state index in [-0.39, 0.29) is 5.82 Å². The summed E-state index contributed by atoms with van der Waals surface area (Å²) in [7, 11) is -1.43. The average Bonchev–Trinajstić information content (AvgIpc) is 3.55. The smallest absolute Gasteiger partial charge is 0.161 e. The van der Waals surface area contributed by atoms with Crippen molar-refractivity contribution in [2.24, 2.45) is 0 Å². The largest absolute Gasteiger partial charge is 0.340 e. The van der Waals surface area contributed by atoms with Crippen LogP contribution < -0.4 is 4.72 Å². The fourth-order valence-corrected chi connectivity index (χ4v) is 4.54. The lowest BCUT2D eigenvalue weighted by Gasteiger charge is -2.13. The Kier molecular flexibility index (Phi) is 12.6. The molecule has 3 aromatic heterocycles. The molecule has 3 N–H and O–H groups in total. The minimum Gasteiger partial charge on any atom is -0.340 e. The molecular weight excluding hydrogens is 543 g/mol. The van der Waals surface area contributed by atoms with Gasteiger partial charge in [0.15, 0.2) is 11.5 Å². The summed E-state index contributed by atoms with van der Waals surface area (Å²) in [6.07, 6.45) is 10.9. The van der Waals surface area contributed by atoms with Crippen molar-refractivity contribution in [3.63, 3.8) is 0 Å². The van der Waals surface area contributed by atoms with Crippen LogP contribution in [0.5, 0.6) is 0 Å². The van der Waals surface area contributed by atoms with Crippen LogP contribution in [0.2, 0.25) is 0 Å². The summed E-state index contributed by atoms with van der Waals surface area (Å²) in [6.45, 7) is 21.3. The van der Waals surface area contributed by atoms with Gasteiger partial charge in [-0.2, -0.15) is 14.5 Å². The van der Waals surface area contributed by atoms with Gasteiger partial charge in [0.05, 0.1) is 16.9 Å². The average molecular weight is 587 g/mol. The third-order valence-corrected chi connectivity index (χ3v) is 6.62. The first-order chi connectivity index (χ1) is 20.0. The van der Waals surface area contributed by atoms with Crippen molar-refractivity contribution in [3.05, 3.63) is 114 Å². The van der Waals surface area contributed by atoms with E-state index in [1.807, 2.05) is 71.2 Å². The van der Waals surface area contributed by atoms with E-state index < -0.39 is 9.39 Å².